The number of hydrogen-bond donors (Lipinski definition) is 1. The molecule has 0 atom stereocenters. The van der Waals surface area contributed by atoms with E-state index in [9.17, 15) is 0 Å². The quantitative estimate of drug-likeness (QED) is 0.850. The molecule has 4 heteroatoms. The molecule has 2 nitrogen and oxygen atoms in total. The molecule has 1 N–H and O–H groups in total. The Bertz CT molecular complexity index is 406. The van der Waals surface area contributed by atoms with Crippen molar-refractivity contribution in [2.75, 3.05) is 24.5 Å². The van der Waals surface area contributed by atoms with Crippen LogP contribution in [-0.2, 0) is 0 Å². The third kappa shape index (κ3) is 3.15. The van der Waals surface area contributed by atoms with E-state index in [1.165, 1.54) is 5.69 Å². The molecule has 0 aliphatic carbocycles. The predicted molar refractivity (Wildman–Crippen MR) is 78.1 cm³/mol. The molecule has 1 aliphatic rings. The Labute approximate surface area is 116 Å². The predicted octanol–water partition coefficient (Wildman–Crippen LogP) is 3.68. The Hall–Kier alpha value is -0.250. The lowest BCUT2D eigenvalue weighted by molar-refractivity contribution is 0.416. The minimum absolute atomic E-state index is 0.137. The number of anilines is 1. The molecule has 1 heterocycles. The zero-order chi connectivity index (χ0) is 12.5. The smallest absolute Gasteiger partial charge is 0.0595 e. The van der Waals surface area contributed by atoms with Crippen molar-refractivity contribution in [2.45, 2.75) is 25.8 Å². The van der Waals surface area contributed by atoms with Crippen LogP contribution in [0.5, 0.6) is 0 Å². The van der Waals surface area contributed by atoms with E-state index in [1.807, 2.05) is 12.1 Å². The van der Waals surface area contributed by atoms with Gasteiger partial charge in [-0.25, -0.2) is 0 Å². The number of halogens is 2. The average molecular weight is 318 g/mol. The summed E-state index contributed by atoms with van der Waals surface area (Å²) in [6.07, 6.45) is 1.16. The molecule has 1 aromatic rings. The minimum atomic E-state index is 0.137. The van der Waals surface area contributed by atoms with E-state index >= 15 is 0 Å². The van der Waals surface area contributed by atoms with E-state index in [2.05, 4.69) is 46.1 Å². The lowest BCUT2D eigenvalue weighted by atomic mass is 10.1. The molecule has 1 aromatic carbocycles. The maximum absolute atomic E-state index is 6.16. The van der Waals surface area contributed by atoms with Gasteiger partial charge in [-0.3, -0.25) is 0 Å². The molecule has 1 aliphatic heterocycles. The summed E-state index contributed by atoms with van der Waals surface area (Å²) in [6, 6.07) is 6.04. The summed E-state index contributed by atoms with van der Waals surface area (Å²) in [7, 11) is 0. The minimum Gasteiger partial charge on any atom is -0.369 e. The SMILES string of the molecule is CC1(C)CN(c2cccc(Cl)c2Br)CCCN1. The Morgan fingerprint density at radius 3 is 2.94 bits per heavy atom. The highest BCUT2D eigenvalue weighted by Crippen LogP contribution is 2.33. The topological polar surface area (TPSA) is 15.3 Å². The van der Waals surface area contributed by atoms with E-state index in [1.54, 1.807) is 0 Å². The van der Waals surface area contributed by atoms with Crippen LogP contribution >= 0.6 is 27.5 Å². The van der Waals surface area contributed by atoms with Gasteiger partial charge in [-0.1, -0.05) is 17.7 Å². The molecule has 2 rings (SSSR count). The molecule has 0 aromatic heterocycles. The second-order valence-corrected chi connectivity index (χ2v) is 6.36. The highest BCUT2D eigenvalue weighted by molar-refractivity contribution is 9.10. The third-order valence-electron chi connectivity index (χ3n) is 3.07. The van der Waals surface area contributed by atoms with Crippen molar-refractivity contribution in [2.24, 2.45) is 0 Å². The fourth-order valence-electron chi connectivity index (χ4n) is 2.25. The van der Waals surface area contributed by atoms with Crippen LogP contribution in [0.1, 0.15) is 20.3 Å². The maximum atomic E-state index is 6.16. The standard InChI is InChI=1S/C13H18BrClN2/c1-13(2)9-17(8-4-7-16-13)11-6-3-5-10(15)12(11)14/h3,5-6,16H,4,7-9H2,1-2H3. The summed E-state index contributed by atoms with van der Waals surface area (Å²) in [5, 5.41) is 4.34. The van der Waals surface area contributed by atoms with Gasteiger partial charge in [-0.05, 0) is 54.9 Å². The van der Waals surface area contributed by atoms with Gasteiger partial charge in [0.1, 0.15) is 0 Å². The highest BCUT2D eigenvalue weighted by Gasteiger charge is 2.25. The molecule has 1 saturated heterocycles. The molecule has 0 spiro atoms. The molecule has 0 radical (unpaired) electrons. The Kier molecular flexibility index (Phi) is 4.01. The Morgan fingerprint density at radius 1 is 1.41 bits per heavy atom. The first-order valence-corrected chi connectivity index (χ1v) is 7.11. The lowest BCUT2D eigenvalue weighted by Gasteiger charge is -2.32. The van der Waals surface area contributed by atoms with E-state index in [4.69, 9.17) is 11.6 Å². The molecular formula is C13H18BrClN2. The summed E-state index contributed by atoms with van der Waals surface area (Å²) in [5.41, 5.74) is 1.33. The summed E-state index contributed by atoms with van der Waals surface area (Å²) in [6.45, 7) is 7.61. The molecular weight excluding hydrogens is 300 g/mol. The van der Waals surface area contributed by atoms with E-state index in [-0.39, 0.29) is 5.54 Å². The van der Waals surface area contributed by atoms with Crippen LogP contribution in [0.15, 0.2) is 22.7 Å². The molecule has 94 valence electrons. The second-order valence-electron chi connectivity index (χ2n) is 5.16. The second kappa shape index (κ2) is 5.17. The van der Waals surface area contributed by atoms with E-state index in [0.29, 0.717) is 0 Å². The lowest BCUT2D eigenvalue weighted by Crippen LogP contribution is -2.46. The van der Waals surface area contributed by atoms with Crippen molar-refractivity contribution >= 4 is 33.2 Å². The number of rotatable bonds is 1. The van der Waals surface area contributed by atoms with Crippen LogP contribution in [0, 0.1) is 0 Å². The van der Waals surface area contributed by atoms with Crippen LogP contribution in [-0.4, -0.2) is 25.2 Å². The maximum Gasteiger partial charge on any atom is 0.0595 e. The summed E-state index contributed by atoms with van der Waals surface area (Å²) in [5.74, 6) is 0. The number of benzene rings is 1. The largest absolute Gasteiger partial charge is 0.369 e. The molecule has 1 fully saturated rings. The summed E-state index contributed by atoms with van der Waals surface area (Å²) in [4.78, 5) is 2.40. The molecule has 0 amide bonds. The third-order valence-corrected chi connectivity index (χ3v) is 4.44. The van der Waals surface area contributed by atoms with Gasteiger partial charge in [0, 0.05) is 18.6 Å². The fourth-order valence-corrected chi connectivity index (χ4v) is 2.94. The van der Waals surface area contributed by atoms with Gasteiger partial charge in [0.2, 0.25) is 0 Å². The molecule has 0 bridgehead atoms. The zero-order valence-electron chi connectivity index (χ0n) is 10.3. The van der Waals surface area contributed by atoms with Gasteiger partial charge < -0.3 is 10.2 Å². The van der Waals surface area contributed by atoms with Crippen molar-refractivity contribution in [3.8, 4) is 0 Å². The average Bonchev–Trinajstić information content (AvgIpc) is 2.43. The van der Waals surface area contributed by atoms with Crippen molar-refractivity contribution in [3.63, 3.8) is 0 Å². The molecule has 0 unspecified atom stereocenters. The van der Waals surface area contributed by atoms with Crippen LogP contribution in [0.25, 0.3) is 0 Å². The van der Waals surface area contributed by atoms with Crippen LogP contribution in [0.4, 0.5) is 5.69 Å². The fraction of sp³-hybridized carbons (Fsp3) is 0.538. The van der Waals surface area contributed by atoms with Crippen LogP contribution < -0.4 is 10.2 Å². The van der Waals surface area contributed by atoms with Gasteiger partial charge >= 0.3 is 0 Å². The van der Waals surface area contributed by atoms with Gasteiger partial charge in [0.05, 0.1) is 15.2 Å². The van der Waals surface area contributed by atoms with Gasteiger partial charge in [-0.2, -0.15) is 0 Å². The highest BCUT2D eigenvalue weighted by atomic mass is 79.9. The van der Waals surface area contributed by atoms with Crippen LogP contribution in [0.2, 0.25) is 5.02 Å². The zero-order valence-corrected chi connectivity index (χ0v) is 12.6. The van der Waals surface area contributed by atoms with Gasteiger partial charge in [-0.15, -0.1) is 0 Å². The normalized spacial score (nSPS) is 20.1. The van der Waals surface area contributed by atoms with E-state index < -0.39 is 0 Å². The van der Waals surface area contributed by atoms with Crippen molar-refractivity contribution in [1.29, 1.82) is 0 Å². The summed E-state index contributed by atoms with van der Waals surface area (Å²) < 4.78 is 0.999. The monoisotopic (exact) mass is 316 g/mol. The van der Waals surface area contributed by atoms with Crippen molar-refractivity contribution in [3.05, 3.63) is 27.7 Å². The van der Waals surface area contributed by atoms with Crippen LogP contribution in [0.3, 0.4) is 0 Å². The molecule has 0 saturated carbocycles. The summed E-state index contributed by atoms with van der Waals surface area (Å²) >= 11 is 9.74. The Balaban J connectivity index is 2.29. The van der Waals surface area contributed by atoms with E-state index in [0.717, 1.165) is 35.6 Å². The van der Waals surface area contributed by atoms with Gasteiger partial charge in [0.25, 0.3) is 0 Å². The Morgan fingerprint density at radius 2 is 2.18 bits per heavy atom. The first-order valence-electron chi connectivity index (χ1n) is 5.94. The number of hydrogen-bond acceptors (Lipinski definition) is 2. The number of nitrogens with zero attached hydrogens (tertiary/aromatic N) is 1. The van der Waals surface area contributed by atoms with Gasteiger partial charge in [0.15, 0.2) is 0 Å². The number of nitrogens with one attached hydrogen (secondary N) is 1. The first kappa shape index (κ1) is 13.2. The van der Waals surface area contributed by atoms with Crippen molar-refractivity contribution in [1.82, 2.24) is 5.32 Å². The molecule has 17 heavy (non-hydrogen) atoms. The first-order chi connectivity index (χ1) is 7.99. The van der Waals surface area contributed by atoms with Crippen molar-refractivity contribution < 1.29 is 0 Å².